The number of hydrogen-bond donors (Lipinski definition) is 0. The zero-order chi connectivity index (χ0) is 11.4. The summed E-state index contributed by atoms with van der Waals surface area (Å²) in [5.41, 5.74) is 0. The maximum absolute atomic E-state index is 9.27. The molecule has 1 fully saturated rings. The van der Waals surface area contributed by atoms with Gasteiger partial charge in [0.15, 0.2) is 0 Å². The van der Waals surface area contributed by atoms with E-state index in [0.717, 1.165) is 5.92 Å². The summed E-state index contributed by atoms with van der Waals surface area (Å²) >= 11 is 0. The third kappa shape index (κ3) is 2.95. The molecule has 2 nitrogen and oxygen atoms in total. The second-order valence-electron chi connectivity index (χ2n) is 4.38. The molecule has 1 aliphatic carbocycles. The van der Waals surface area contributed by atoms with Gasteiger partial charge in [-0.25, -0.2) is 0 Å². The lowest BCUT2D eigenvalue weighted by Crippen LogP contribution is -2.47. The Morgan fingerprint density at radius 3 is 1.87 bits per heavy atom. The minimum atomic E-state index is -0.125. The number of nitrogens with zero attached hydrogens (tertiary/aromatic N) is 2. The molecule has 1 rings (SSSR count). The van der Waals surface area contributed by atoms with Gasteiger partial charge in [-0.15, -0.1) is 0 Å². The van der Waals surface area contributed by atoms with Crippen LogP contribution in [0.5, 0.6) is 0 Å². The maximum Gasteiger partial charge on any atom is 0.105 e. The van der Waals surface area contributed by atoms with Crippen LogP contribution in [0.15, 0.2) is 0 Å². The Morgan fingerprint density at radius 2 is 1.53 bits per heavy atom. The molecule has 2 heteroatoms. The molecule has 1 atom stereocenters. The fraction of sp³-hybridized carbons (Fsp3) is 0.538. The van der Waals surface area contributed by atoms with Crippen molar-refractivity contribution >= 4 is 0 Å². The molecule has 0 heterocycles. The topological polar surface area (TPSA) is 27.0 Å². The molecule has 0 aromatic carbocycles. The van der Waals surface area contributed by atoms with Crippen LogP contribution in [0.1, 0.15) is 27.7 Å². The van der Waals surface area contributed by atoms with Crippen molar-refractivity contribution in [2.24, 2.45) is 0 Å². The highest BCUT2D eigenvalue weighted by Crippen LogP contribution is 2.30. The van der Waals surface area contributed by atoms with E-state index in [9.17, 15) is 5.26 Å². The summed E-state index contributed by atoms with van der Waals surface area (Å²) in [6, 6.07) is 3.03. The molecule has 0 saturated heterocycles. The average molecular weight is 203 g/mol. The van der Waals surface area contributed by atoms with Gasteiger partial charge in [0, 0.05) is 18.0 Å². The molecular formula is C13H19N2. The van der Waals surface area contributed by atoms with Crippen LogP contribution in [0, 0.1) is 42.9 Å². The Morgan fingerprint density at radius 1 is 1.07 bits per heavy atom. The third-order valence-corrected chi connectivity index (χ3v) is 2.62. The fourth-order valence-electron chi connectivity index (χ4n) is 2.08. The predicted molar refractivity (Wildman–Crippen MR) is 62.0 cm³/mol. The van der Waals surface area contributed by atoms with Crippen LogP contribution >= 0.6 is 0 Å². The van der Waals surface area contributed by atoms with Gasteiger partial charge in [0.2, 0.25) is 0 Å². The van der Waals surface area contributed by atoms with E-state index < -0.39 is 0 Å². The molecule has 1 unspecified atom stereocenters. The summed E-state index contributed by atoms with van der Waals surface area (Å²) in [5.74, 6) is 1.10. The van der Waals surface area contributed by atoms with Gasteiger partial charge in [-0.1, -0.05) is 0 Å². The highest BCUT2D eigenvalue weighted by molar-refractivity contribution is 5.41. The summed E-state index contributed by atoms with van der Waals surface area (Å²) in [5, 5.41) is 9.27. The van der Waals surface area contributed by atoms with Crippen molar-refractivity contribution in [2.75, 3.05) is 0 Å². The fourth-order valence-corrected chi connectivity index (χ4v) is 2.08. The van der Waals surface area contributed by atoms with E-state index in [1.165, 1.54) is 0 Å². The maximum atomic E-state index is 9.27. The summed E-state index contributed by atoms with van der Waals surface area (Å²) in [7, 11) is 0. The Balaban J connectivity index is 2.74. The molecule has 1 saturated carbocycles. The summed E-state index contributed by atoms with van der Waals surface area (Å²) in [6.07, 6.45) is 8.01. The highest BCUT2D eigenvalue weighted by atomic mass is 15.2. The Kier molecular flexibility index (Phi) is 4.60. The molecule has 5 radical (unpaired) electrons. The smallest absolute Gasteiger partial charge is 0.105 e. The van der Waals surface area contributed by atoms with Crippen LogP contribution in [0.3, 0.4) is 0 Å². The van der Waals surface area contributed by atoms with Crippen LogP contribution < -0.4 is 0 Å². The van der Waals surface area contributed by atoms with Gasteiger partial charge in [-0.3, -0.25) is 4.90 Å². The second kappa shape index (κ2) is 5.51. The molecule has 81 valence electrons. The third-order valence-electron chi connectivity index (χ3n) is 2.62. The molecule has 0 amide bonds. The van der Waals surface area contributed by atoms with Crippen molar-refractivity contribution in [3.8, 4) is 6.07 Å². The summed E-state index contributed by atoms with van der Waals surface area (Å²) in [6.45, 7) is 8.53. The first-order chi connectivity index (χ1) is 7.07. The Bertz CT molecular complexity index is 213. The number of rotatable bonds is 4. The monoisotopic (exact) mass is 203 g/mol. The SMILES string of the molecule is CC(C)N(C(C)C)C(C#N)[C]1[CH][CH][CH][CH]1. The Labute approximate surface area is 94.3 Å². The zero-order valence-corrected chi connectivity index (χ0v) is 9.94. The van der Waals surface area contributed by atoms with E-state index in [1.807, 2.05) is 25.7 Å². The second-order valence-corrected chi connectivity index (χ2v) is 4.38. The molecule has 0 aromatic heterocycles. The largest absolute Gasteiger partial charge is 0.283 e. The normalized spacial score (nSPS) is 20.1. The van der Waals surface area contributed by atoms with Gasteiger partial charge in [0.25, 0.3) is 0 Å². The minimum absolute atomic E-state index is 0.125. The highest BCUT2D eigenvalue weighted by Gasteiger charge is 2.33. The van der Waals surface area contributed by atoms with Crippen LogP contribution in [-0.4, -0.2) is 23.0 Å². The van der Waals surface area contributed by atoms with E-state index in [0.29, 0.717) is 12.1 Å². The zero-order valence-electron chi connectivity index (χ0n) is 9.94. The molecule has 15 heavy (non-hydrogen) atoms. The van der Waals surface area contributed by atoms with Crippen molar-refractivity contribution in [3.05, 3.63) is 31.6 Å². The van der Waals surface area contributed by atoms with E-state index in [-0.39, 0.29) is 6.04 Å². The lowest BCUT2D eigenvalue weighted by atomic mass is 9.95. The molecule has 0 aromatic rings. The van der Waals surface area contributed by atoms with E-state index in [2.05, 4.69) is 38.7 Å². The first-order valence-corrected chi connectivity index (χ1v) is 5.46. The first kappa shape index (κ1) is 12.5. The lowest BCUT2D eigenvalue weighted by molar-refractivity contribution is 0.152. The molecular weight excluding hydrogens is 184 g/mol. The van der Waals surface area contributed by atoms with Gasteiger partial charge < -0.3 is 0 Å². The molecule has 0 bridgehead atoms. The number of hydrogen-bond acceptors (Lipinski definition) is 2. The quantitative estimate of drug-likeness (QED) is 0.701. The molecule has 0 aliphatic heterocycles. The average Bonchev–Trinajstić information content (AvgIpc) is 2.64. The van der Waals surface area contributed by atoms with Gasteiger partial charge in [-0.2, -0.15) is 5.26 Å². The Hall–Kier alpha value is -0.550. The predicted octanol–water partition coefficient (Wildman–Crippen LogP) is 2.40. The van der Waals surface area contributed by atoms with Crippen molar-refractivity contribution in [1.29, 1.82) is 5.26 Å². The minimum Gasteiger partial charge on any atom is -0.283 e. The van der Waals surface area contributed by atoms with Crippen molar-refractivity contribution in [2.45, 2.75) is 45.8 Å². The van der Waals surface area contributed by atoms with Gasteiger partial charge in [0.1, 0.15) is 6.04 Å². The van der Waals surface area contributed by atoms with E-state index >= 15 is 0 Å². The number of nitriles is 1. The van der Waals surface area contributed by atoms with Gasteiger partial charge in [0.05, 0.1) is 6.07 Å². The molecule has 1 aliphatic rings. The summed E-state index contributed by atoms with van der Waals surface area (Å²) in [4.78, 5) is 2.23. The first-order valence-electron chi connectivity index (χ1n) is 5.46. The molecule has 0 spiro atoms. The van der Waals surface area contributed by atoms with E-state index in [4.69, 9.17) is 0 Å². The van der Waals surface area contributed by atoms with Crippen LogP contribution in [0.25, 0.3) is 0 Å². The van der Waals surface area contributed by atoms with Crippen molar-refractivity contribution in [3.63, 3.8) is 0 Å². The van der Waals surface area contributed by atoms with Crippen LogP contribution in [0.2, 0.25) is 0 Å². The van der Waals surface area contributed by atoms with E-state index in [1.54, 1.807) is 0 Å². The van der Waals surface area contributed by atoms with Crippen LogP contribution in [-0.2, 0) is 0 Å². The van der Waals surface area contributed by atoms with Crippen molar-refractivity contribution < 1.29 is 0 Å². The lowest BCUT2D eigenvalue weighted by Gasteiger charge is -2.36. The summed E-state index contributed by atoms with van der Waals surface area (Å²) < 4.78 is 0. The standard InChI is InChI=1S/C13H19N2/c1-10(2)15(11(3)4)13(9-14)12-7-5-6-8-12/h5-8,10-11,13H,1-4H3. The van der Waals surface area contributed by atoms with Crippen LogP contribution in [0.4, 0.5) is 0 Å². The van der Waals surface area contributed by atoms with Gasteiger partial charge >= 0.3 is 0 Å². The molecule has 0 N–H and O–H groups in total. The van der Waals surface area contributed by atoms with Crippen molar-refractivity contribution in [1.82, 2.24) is 4.90 Å². The van der Waals surface area contributed by atoms with Gasteiger partial charge in [-0.05, 0) is 53.4 Å².